The molecule has 3 rings (SSSR count). The summed E-state index contributed by atoms with van der Waals surface area (Å²) in [5, 5.41) is 1.18. The van der Waals surface area contributed by atoms with Gasteiger partial charge in [0.1, 0.15) is 11.6 Å². The molecule has 86 valence electrons. The predicted octanol–water partition coefficient (Wildman–Crippen LogP) is 2.19. The second-order valence-electron chi connectivity index (χ2n) is 4.54. The summed E-state index contributed by atoms with van der Waals surface area (Å²) >= 11 is 0. The van der Waals surface area contributed by atoms with Crippen LogP contribution in [0.15, 0.2) is 30.3 Å². The summed E-state index contributed by atoms with van der Waals surface area (Å²) in [5.41, 5.74) is 2.26. The second-order valence-corrected chi connectivity index (χ2v) is 4.54. The minimum absolute atomic E-state index is 0.188. The largest absolute Gasteiger partial charge is 0.349 e. The molecule has 1 aliphatic heterocycles. The van der Waals surface area contributed by atoms with E-state index in [0.29, 0.717) is 6.54 Å². The van der Waals surface area contributed by atoms with Crippen molar-refractivity contribution in [3.8, 4) is 0 Å². The van der Waals surface area contributed by atoms with Gasteiger partial charge < -0.3 is 4.90 Å². The molecule has 17 heavy (non-hydrogen) atoms. The van der Waals surface area contributed by atoms with Crippen LogP contribution in [0.2, 0.25) is 0 Å². The van der Waals surface area contributed by atoms with Crippen LogP contribution in [0.25, 0.3) is 10.9 Å². The number of hydrogen-bond donors (Lipinski definition) is 0. The molecule has 0 saturated heterocycles. The Morgan fingerprint density at radius 3 is 3.06 bits per heavy atom. The first-order chi connectivity index (χ1) is 8.24. The Balaban J connectivity index is 2.08. The van der Waals surface area contributed by atoms with Crippen LogP contribution in [0.4, 0.5) is 5.82 Å². The van der Waals surface area contributed by atoms with E-state index in [-0.39, 0.29) is 5.78 Å². The summed E-state index contributed by atoms with van der Waals surface area (Å²) in [5.74, 6) is 1.17. The lowest BCUT2D eigenvalue weighted by Crippen LogP contribution is -2.27. The molecule has 0 radical (unpaired) electrons. The normalized spacial score (nSPS) is 14.1. The molecule has 0 unspecified atom stereocenters. The SMILES string of the molecule is CC(=O)CN1CCc2cc3ccccc3nc21. The van der Waals surface area contributed by atoms with Crippen LogP contribution in [0.5, 0.6) is 0 Å². The number of nitrogens with zero attached hydrogens (tertiary/aromatic N) is 2. The lowest BCUT2D eigenvalue weighted by molar-refractivity contribution is -0.115. The number of ketones is 1. The van der Waals surface area contributed by atoms with Crippen molar-refractivity contribution in [2.75, 3.05) is 18.0 Å². The van der Waals surface area contributed by atoms with Gasteiger partial charge in [-0.25, -0.2) is 4.98 Å². The monoisotopic (exact) mass is 226 g/mol. The van der Waals surface area contributed by atoms with Gasteiger partial charge in [0.25, 0.3) is 0 Å². The first kappa shape index (κ1) is 10.3. The van der Waals surface area contributed by atoms with E-state index in [1.807, 2.05) is 18.2 Å². The number of pyridine rings is 1. The lowest BCUT2D eigenvalue weighted by atomic mass is 10.1. The Bertz CT molecular complexity index is 592. The molecule has 3 heteroatoms. The van der Waals surface area contributed by atoms with Gasteiger partial charge in [-0.2, -0.15) is 0 Å². The molecule has 2 aromatic rings. The van der Waals surface area contributed by atoms with Crippen LogP contribution in [-0.2, 0) is 11.2 Å². The fraction of sp³-hybridized carbons (Fsp3) is 0.286. The molecule has 1 aliphatic rings. The van der Waals surface area contributed by atoms with Gasteiger partial charge in [-0.05, 0) is 31.0 Å². The Kier molecular flexibility index (Phi) is 2.32. The van der Waals surface area contributed by atoms with Crippen LogP contribution in [0.3, 0.4) is 0 Å². The van der Waals surface area contributed by atoms with Gasteiger partial charge in [-0.1, -0.05) is 18.2 Å². The molecule has 1 aromatic heterocycles. The second kappa shape index (κ2) is 3.84. The summed E-state index contributed by atoms with van der Waals surface area (Å²) < 4.78 is 0. The smallest absolute Gasteiger partial charge is 0.149 e. The van der Waals surface area contributed by atoms with E-state index < -0.39 is 0 Å². The maximum atomic E-state index is 11.2. The number of rotatable bonds is 2. The van der Waals surface area contributed by atoms with E-state index in [4.69, 9.17) is 0 Å². The van der Waals surface area contributed by atoms with E-state index in [9.17, 15) is 4.79 Å². The van der Waals surface area contributed by atoms with E-state index in [2.05, 4.69) is 22.0 Å². The zero-order chi connectivity index (χ0) is 11.8. The van der Waals surface area contributed by atoms with Gasteiger partial charge in [0.05, 0.1) is 12.1 Å². The van der Waals surface area contributed by atoms with Gasteiger partial charge in [0, 0.05) is 11.9 Å². The first-order valence-corrected chi connectivity index (χ1v) is 5.87. The van der Waals surface area contributed by atoms with Gasteiger partial charge in [-0.3, -0.25) is 4.79 Å². The zero-order valence-corrected chi connectivity index (χ0v) is 9.81. The molecule has 0 saturated carbocycles. The first-order valence-electron chi connectivity index (χ1n) is 5.87. The van der Waals surface area contributed by atoms with E-state index in [1.165, 1.54) is 10.9 Å². The summed E-state index contributed by atoms with van der Waals surface area (Å²) in [6.07, 6.45) is 0.987. The van der Waals surface area contributed by atoms with Crippen molar-refractivity contribution in [1.82, 2.24) is 4.98 Å². The quantitative estimate of drug-likeness (QED) is 0.787. The van der Waals surface area contributed by atoms with Crippen molar-refractivity contribution in [2.45, 2.75) is 13.3 Å². The van der Waals surface area contributed by atoms with Crippen LogP contribution in [0.1, 0.15) is 12.5 Å². The minimum Gasteiger partial charge on any atom is -0.349 e. The number of carbonyl (C=O) groups is 1. The van der Waals surface area contributed by atoms with E-state index in [1.54, 1.807) is 6.92 Å². The minimum atomic E-state index is 0.188. The number of aromatic nitrogens is 1. The number of para-hydroxylation sites is 1. The molecule has 0 bridgehead atoms. The van der Waals surface area contributed by atoms with Crippen LogP contribution in [-0.4, -0.2) is 23.9 Å². The van der Waals surface area contributed by atoms with Crippen LogP contribution < -0.4 is 4.90 Å². The molecule has 2 heterocycles. The average molecular weight is 226 g/mol. The average Bonchev–Trinajstić information content (AvgIpc) is 2.68. The van der Waals surface area contributed by atoms with Gasteiger partial charge in [0.15, 0.2) is 0 Å². The van der Waals surface area contributed by atoms with Crippen molar-refractivity contribution in [2.24, 2.45) is 0 Å². The Morgan fingerprint density at radius 1 is 1.41 bits per heavy atom. The number of carbonyl (C=O) groups excluding carboxylic acids is 1. The number of benzene rings is 1. The van der Waals surface area contributed by atoms with Crippen molar-refractivity contribution in [1.29, 1.82) is 0 Å². The third-order valence-corrected chi connectivity index (χ3v) is 3.14. The molecular weight excluding hydrogens is 212 g/mol. The maximum Gasteiger partial charge on any atom is 0.149 e. The third kappa shape index (κ3) is 1.78. The van der Waals surface area contributed by atoms with Gasteiger partial charge in [0.2, 0.25) is 0 Å². The Hall–Kier alpha value is -1.90. The molecule has 3 nitrogen and oxygen atoms in total. The van der Waals surface area contributed by atoms with Crippen molar-refractivity contribution in [3.05, 3.63) is 35.9 Å². The topological polar surface area (TPSA) is 33.2 Å². The van der Waals surface area contributed by atoms with Gasteiger partial charge >= 0.3 is 0 Å². The van der Waals surface area contributed by atoms with Crippen LogP contribution >= 0.6 is 0 Å². The lowest BCUT2D eigenvalue weighted by Gasteiger charge is -2.16. The number of anilines is 1. The highest BCUT2D eigenvalue weighted by molar-refractivity contribution is 5.85. The standard InChI is InChI=1S/C14H14N2O/c1-10(17)9-16-7-6-12-8-11-4-2-3-5-13(11)15-14(12)16/h2-5,8H,6-7,9H2,1H3. The third-order valence-electron chi connectivity index (χ3n) is 3.14. The number of fused-ring (bicyclic) bond motifs is 2. The zero-order valence-electron chi connectivity index (χ0n) is 9.81. The Labute approximate surface area is 100 Å². The molecule has 0 atom stereocenters. The maximum absolute atomic E-state index is 11.2. The van der Waals surface area contributed by atoms with E-state index in [0.717, 1.165) is 24.3 Å². The molecular formula is C14H14N2O. The van der Waals surface area contributed by atoms with Crippen molar-refractivity contribution in [3.63, 3.8) is 0 Å². The highest BCUT2D eigenvalue weighted by Gasteiger charge is 2.21. The summed E-state index contributed by atoms with van der Waals surface area (Å²) in [7, 11) is 0. The molecule has 0 fully saturated rings. The van der Waals surface area contributed by atoms with Crippen molar-refractivity contribution < 1.29 is 4.79 Å². The van der Waals surface area contributed by atoms with Crippen molar-refractivity contribution >= 4 is 22.5 Å². The van der Waals surface area contributed by atoms with Gasteiger partial charge in [-0.15, -0.1) is 0 Å². The molecule has 0 N–H and O–H groups in total. The van der Waals surface area contributed by atoms with E-state index >= 15 is 0 Å². The van der Waals surface area contributed by atoms with Crippen LogP contribution in [0, 0.1) is 0 Å². The molecule has 0 amide bonds. The number of hydrogen-bond acceptors (Lipinski definition) is 3. The summed E-state index contributed by atoms with van der Waals surface area (Å²) in [6.45, 7) is 3.00. The summed E-state index contributed by atoms with van der Waals surface area (Å²) in [4.78, 5) is 17.9. The molecule has 0 aliphatic carbocycles. The number of Topliss-reactive ketones (excluding diaryl/α,β-unsaturated/α-hetero) is 1. The fourth-order valence-corrected chi connectivity index (χ4v) is 2.39. The highest BCUT2D eigenvalue weighted by atomic mass is 16.1. The fourth-order valence-electron chi connectivity index (χ4n) is 2.39. The molecule has 1 aromatic carbocycles. The Morgan fingerprint density at radius 2 is 2.24 bits per heavy atom. The molecule has 0 spiro atoms. The predicted molar refractivity (Wildman–Crippen MR) is 68.3 cm³/mol. The highest BCUT2D eigenvalue weighted by Crippen LogP contribution is 2.28. The summed E-state index contributed by atoms with van der Waals surface area (Å²) in [6, 6.07) is 10.3.